The van der Waals surface area contributed by atoms with Gasteiger partial charge in [-0.3, -0.25) is 4.72 Å². The second-order valence-electron chi connectivity index (χ2n) is 4.87. The topological polar surface area (TPSA) is 86.7 Å². The lowest BCUT2D eigenvalue weighted by atomic mass is 10.1. The summed E-state index contributed by atoms with van der Waals surface area (Å²) in [5.41, 5.74) is 0.841. The normalized spacial score (nSPS) is 11.3. The van der Waals surface area contributed by atoms with Crippen LogP contribution in [0.25, 0.3) is 0 Å². The van der Waals surface area contributed by atoms with Crippen molar-refractivity contribution in [1.82, 2.24) is 0 Å². The Kier molecular flexibility index (Phi) is 5.89. The first kappa shape index (κ1) is 18.8. The summed E-state index contributed by atoms with van der Waals surface area (Å²) in [5, 5.41) is 9.44. The fraction of sp³-hybridized carbons (Fsp3) is 0.267. The number of rotatable bonds is 7. The Balaban J connectivity index is 2.39. The van der Waals surface area contributed by atoms with E-state index < -0.39 is 16.0 Å². The number of carbonyl (C=O) groups is 1. The summed E-state index contributed by atoms with van der Waals surface area (Å²) in [4.78, 5) is 13.4. The van der Waals surface area contributed by atoms with E-state index >= 15 is 0 Å². The van der Waals surface area contributed by atoms with Gasteiger partial charge in [0.05, 0.1) is 15.0 Å². The quantitative estimate of drug-likeness (QED) is 0.693. The van der Waals surface area contributed by atoms with Crippen molar-refractivity contribution >= 4 is 54.6 Å². The zero-order chi connectivity index (χ0) is 17.9. The Morgan fingerprint density at radius 2 is 1.92 bits per heavy atom. The van der Waals surface area contributed by atoms with E-state index in [9.17, 15) is 18.3 Å². The highest BCUT2D eigenvalue weighted by Gasteiger charge is 2.20. The van der Waals surface area contributed by atoms with Crippen LogP contribution in [0, 0.1) is 0 Å². The zero-order valence-corrected chi connectivity index (χ0v) is 16.3. The van der Waals surface area contributed by atoms with Crippen molar-refractivity contribution in [2.24, 2.45) is 0 Å². The van der Waals surface area contributed by atoms with Gasteiger partial charge in [-0.05, 0) is 60.1 Å². The number of anilines is 2. The SMILES string of the molecule is CCN(CC)c1ccc(NS(=O)(=O)c2ccc(Br)s2)cc1C(=O)O. The molecule has 0 aliphatic rings. The number of halogens is 1. The second-order valence-corrected chi connectivity index (χ2v) is 9.25. The minimum atomic E-state index is -3.75. The Morgan fingerprint density at radius 1 is 1.25 bits per heavy atom. The molecule has 1 aromatic carbocycles. The summed E-state index contributed by atoms with van der Waals surface area (Å²) in [6.07, 6.45) is 0. The van der Waals surface area contributed by atoms with Gasteiger partial charge in [-0.1, -0.05) is 0 Å². The fourth-order valence-electron chi connectivity index (χ4n) is 2.26. The Labute approximate surface area is 153 Å². The van der Waals surface area contributed by atoms with Crippen molar-refractivity contribution in [3.05, 3.63) is 39.7 Å². The summed E-state index contributed by atoms with van der Waals surface area (Å²) in [5.74, 6) is -1.10. The number of nitrogens with one attached hydrogen (secondary N) is 1. The highest BCUT2D eigenvalue weighted by Crippen LogP contribution is 2.29. The molecule has 0 aliphatic carbocycles. The van der Waals surface area contributed by atoms with Gasteiger partial charge in [0.25, 0.3) is 10.0 Å². The predicted molar refractivity (Wildman–Crippen MR) is 99.8 cm³/mol. The Bertz CT molecular complexity index is 845. The van der Waals surface area contributed by atoms with E-state index in [0.717, 1.165) is 11.3 Å². The number of hydrogen-bond donors (Lipinski definition) is 2. The van der Waals surface area contributed by atoms with Crippen LogP contribution in [0.15, 0.2) is 38.3 Å². The van der Waals surface area contributed by atoms with Crippen LogP contribution in [-0.2, 0) is 10.0 Å². The summed E-state index contributed by atoms with van der Waals surface area (Å²) < 4.78 is 28.0. The third-order valence-electron chi connectivity index (χ3n) is 3.40. The molecule has 2 aromatic rings. The monoisotopic (exact) mass is 432 g/mol. The molecule has 9 heteroatoms. The molecule has 1 aromatic heterocycles. The first-order valence-corrected chi connectivity index (χ1v) is 10.3. The van der Waals surface area contributed by atoms with Crippen LogP contribution in [0.5, 0.6) is 0 Å². The van der Waals surface area contributed by atoms with Crippen molar-refractivity contribution in [2.75, 3.05) is 22.7 Å². The summed E-state index contributed by atoms with van der Waals surface area (Å²) in [6.45, 7) is 5.18. The highest BCUT2D eigenvalue weighted by molar-refractivity contribution is 9.11. The van der Waals surface area contributed by atoms with Crippen LogP contribution >= 0.6 is 27.3 Å². The predicted octanol–water partition coefficient (Wildman–Crippen LogP) is 3.86. The average molecular weight is 433 g/mol. The number of benzene rings is 1. The van der Waals surface area contributed by atoms with E-state index in [4.69, 9.17) is 0 Å². The molecule has 0 radical (unpaired) electrons. The summed E-state index contributed by atoms with van der Waals surface area (Å²) in [6, 6.07) is 7.67. The molecule has 0 fully saturated rings. The maximum atomic E-state index is 12.3. The Morgan fingerprint density at radius 3 is 2.42 bits per heavy atom. The van der Waals surface area contributed by atoms with E-state index in [1.54, 1.807) is 18.2 Å². The lowest BCUT2D eigenvalue weighted by Crippen LogP contribution is -2.24. The molecular weight excluding hydrogens is 416 g/mol. The molecule has 0 unspecified atom stereocenters. The van der Waals surface area contributed by atoms with Gasteiger partial charge in [-0.15, -0.1) is 11.3 Å². The van der Waals surface area contributed by atoms with Gasteiger partial charge in [0.2, 0.25) is 0 Å². The van der Waals surface area contributed by atoms with Gasteiger partial charge in [-0.25, -0.2) is 13.2 Å². The smallest absolute Gasteiger partial charge is 0.337 e. The van der Waals surface area contributed by atoms with Gasteiger partial charge in [0.1, 0.15) is 4.21 Å². The molecule has 2 N–H and O–H groups in total. The van der Waals surface area contributed by atoms with Crippen LogP contribution in [-0.4, -0.2) is 32.6 Å². The van der Waals surface area contributed by atoms with Gasteiger partial charge in [-0.2, -0.15) is 0 Å². The summed E-state index contributed by atoms with van der Waals surface area (Å²) in [7, 11) is -3.75. The third-order valence-corrected chi connectivity index (χ3v) is 6.89. The van der Waals surface area contributed by atoms with Gasteiger partial charge in [0, 0.05) is 18.8 Å². The molecule has 0 aliphatic heterocycles. The van der Waals surface area contributed by atoms with E-state index in [1.165, 1.54) is 12.1 Å². The molecule has 6 nitrogen and oxygen atoms in total. The molecule has 0 amide bonds. The minimum Gasteiger partial charge on any atom is -0.478 e. The van der Waals surface area contributed by atoms with Crippen molar-refractivity contribution in [2.45, 2.75) is 18.1 Å². The molecule has 2 rings (SSSR count). The van der Waals surface area contributed by atoms with E-state index in [2.05, 4.69) is 20.7 Å². The zero-order valence-electron chi connectivity index (χ0n) is 13.1. The van der Waals surface area contributed by atoms with Gasteiger partial charge >= 0.3 is 5.97 Å². The number of carboxylic acid groups (broad SMARTS) is 1. The second kappa shape index (κ2) is 7.54. The fourth-order valence-corrected chi connectivity index (χ4v) is 5.32. The van der Waals surface area contributed by atoms with Crippen LogP contribution < -0.4 is 9.62 Å². The van der Waals surface area contributed by atoms with Crippen molar-refractivity contribution in [3.63, 3.8) is 0 Å². The molecule has 0 saturated heterocycles. The number of aromatic carboxylic acids is 1. The standard InChI is InChI=1S/C15H17BrN2O4S2/c1-3-18(4-2)12-6-5-10(9-11(12)15(19)20)17-24(21,22)14-8-7-13(16)23-14/h5-9,17H,3-4H2,1-2H3,(H,19,20). The Hall–Kier alpha value is -1.58. The molecule has 0 spiro atoms. The number of nitrogens with zero attached hydrogens (tertiary/aromatic N) is 1. The van der Waals surface area contributed by atoms with Crippen LogP contribution in [0.3, 0.4) is 0 Å². The van der Waals surface area contributed by atoms with Crippen molar-refractivity contribution in [3.8, 4) is 0 Å². The van der Waals surface area contributed by atoms with Gasteiger partial charge < -0.3 is 10.0 Å². The molecular formula is C15H17BrN2O4S2. The molecule has 0 saturated carbocycles. The number of sulfonamides is 1. The summed E-state index contributed by atoms with van der Waals surface area (Å²) >= 11 is 4.31. The maximum Gasteiger partial charge on any atom is 0.337 e. The molecule has 130 valence electrons. The van der Waals surface area contributed by atoms with E-state index in [-0.39, 0.29) is 15.5 Å². The van der Waals surface area contributed by atoms with Crippen LogP contribution in [0.4, 0.5) is 11.4 Å². The van der Waals surface area contributed by atoms with Crippen LogP contribution in [0.1, 0.15) is 24.2 Å². The number of thiophene rings is 1. The minimum absolute atomic E-state index is 0.0614. The maximum absolute atomic E-state index is 12.3. The van der Waals surface area contributed by atoms with Crippen molar-refractivity contribution < 1.29 is 18.3 Å². The molecule has 1 heterocycles. The van der Waals surface area contributed by atoms with Crippen molar-refractivity contribution in [1.29, 1.82) is 0 Å². The molecule has 0 bridgehead atoms. The van der Waals surface area contributed by atoms with E-state index in [1.807, 2.05) is 18.7 Å². The lowest BCUT2D eigenvalue weighted by molar-refractivity contribution is 0.0697. The van der Waals surface area contributed by atoms with Crippen LogP contribution in [0.2, 0.25) is 0 Å². The van der Waals surface area contributed by atoms with Gasteiger partial charge in [0.15, 0.2) is 0 Å². The third kappa shape index (κ3) is 4.08. The largest absolute Gasteiger partial charge is 0.478 e. The number of hydrogen-bond acceptors (Lipinski definition) is 5. The first-order chi connectivity index (χ1) is 11.3. The molecule has 0 atom stereocenters. The highest BCUT2D eigenvalue weighted by atomic mass is 79.9. The first-order valence-electron chi connectivity index (χ1n) is 7.19. The average Bonchev–Trinajstić information content (AvgIpc) is 2.96. The lowest BCUT2D eigenvalue weighted by Gasteiger charge is -2.23. The van der Waals surface area contributed by atoms with E-state index in [0.29, 0.717) is 22.6 Å². The number of carboxylic acids is 1. The molecule has 24 heavy (non-hydrogen) atoms.